The van der Waals surface area contributed by atoms with Gasteiger partial charge in [-0.2, -0.15) is 0 Å². The number of amides is 1. The third-order valence-electron chi connectivity index (χ3n) is 8.58. The van der Waals surface area contributed by atoms with Gasteiger partial charge in [0, 0.05) is 87.2 Å². The Morgan fingerprint density at radius 2 is 1.57 bits per heavy atom. The van der Waals surface area contributed by atoms with Crippen LogP contribution in [0.15, 0.2) is 48.5 Å². The van der Waals surface area contributed by atoms with Gasteiger partial charge in [0.1, 0.15) is 0 Å². The number of nitrogens with zero attached hydrogens (tertiary/aromatic N) is 6. The number of methoxy groups -OCH3 is 1. The third-order valence-corrected chi connectivity index (χ3v) is 9.40. The summed E-state index contributed by atoms with van der Waals surface area (Å²) in [5.41, 5.74) is 6.48. The van der Waals surface area contributed by atoms with Gasteiger partial charge in [-0.3, -0.25) is 9.69 Å². The number of halogens is 2. The van der Waals surface area contributed by atoms with Gasteiger partial charge in [-0.05, 0) is 26.2 Å². The van der Waals surface area contributed by atoms with E-state index < -0.39 is 0 Å². The first-order valence-corrected chi connectivity index (χ1v) is 15.6. The average molecular weight is 635 g/mol. The van der Waals surface area contributed by atoms with Crippen molar-refractivity contribution in [2.75, 3.05) is 59.2 Å². The first-order chi connectivity index (χ1) is 21.2. The molecule has 6 rings (SSSR count). The zero-order valence-electron chi connectivity index (χ0n) is 25.5. The number of pyridine rings is 1. The molecule has 230 valence electrons. The molecule has 0 saturated carbocycles. The molecule has 1 saturated heterocycles. The van der Waals surface area contributed by atoms with Crippen molar-refractivity contribution in [2.24, 2.45) is 7.05 Å². The number of aromatic nitrogens is 3. The number of likely N-dealkylation sites (N-methyl/N-ethyl adjacent to an activating group) is 2. The van der Waals surface area contributed by atoms with Crippen LogP contribution in [0, 0.1) is 0 Å². The minimum atomic E-state index is -0.309. The Hall–Kier alpha value is -3.47. The van der Waals surface area contributed by atoms with E-state index in [0.29, 0.717) is 38.7 Å². The predicted octanol–water partition coefficient (Wildman–Crippen LogP) is 5.45. The first-order valence-electron chi connectivity index (χ1n) is 14.8. The number of hydrogen-bond acceptors (Lipinski definition) is 7. The van der Waals surface area contributed by atoms with Crippen molar-refractivity contribution in [3.05, 3.63) is 81.4 Å². The van der Waals surface area contributed by atoms with Gasteiger partial charge in [-0.15, -0.1) is 0 Å². The molecule has 0 unspecified atom stereocenters. The van der Waals surface area contributed by atoms with Crippen LogP contribution in [0.4, 0.5) is 5.69 Å². The molecule has 1 fully saturated rings. The summed E-state index contributed by atoms with van der Waals surface area (Å²) in [7, 11) is 7.74. The summed E-state index contributed by atoms with van der Waals surface area (Å²) >= 11 is 14.0. The standard InChI is InChI=1S/C33H37Cl2N7O2/c1-39-15-17-42(18-16-39)19-21-11-12-25(38-33(21)44-4)24-9-5-7-22(29(24)34)23-8-6-10-26(30(23)35)37-32(43)31-36-27-20-40(2)14-13-28(27)41(31)3/h5-12H,13-20H2,1-4H3,(H,37,43). The number of piperazine rings is 1. The van der Waals surface area contributed by atoms with Crippen LogP contribution in [-0.4, -0.2) is 89.1 Å². The SMILES string of the molecule is COc1nc(-c2cccc(-c3cccc(NC(=O)c4nc5c(n4C)CCN(C)C5)c3Cl)c2Cl)ccc1CN1CCN(C)CC1. The van der Waals surface area contributed by atoms with Crippen molar-refractivity contribution in [3.63, 3.8) is 0 Å². The van der Waals surface area contributed by atoms with Crippen molar-refractivity contribution in [3.8, 4) is 28.3 Å². The van der Waals surface area contributed by atoms with Crippen molar-refractivity contribution < 1.29 is 9.53 Å². The highest BCUT2D eigenvalue weighted by molar-refractivity contribution is 6.39. The summed E-state index contributed by atoms with van der Waals surface area (Å²) in [5, 5.41) is 3.88. The molecule has 44 heavy (non-hydrogen) atoms. The van der Waals surface area contributed by atoms with Crippen molar-refractivity contribution in [1.82, 2.24) is 29.2 Å². The molecule has 1 N–H and O–H groups in total. The number of anilines is 1. The smallest absolute Gasteiger partial charge is 0.291 e. The summed E-state index contributed by atoms with van der Waals surface area (Å²) in [4.78, 5) is 29.8. The van der Waals surface area contributed by atoms with Gasteiger partial charge in [0.2, 0.25) is 5.88 Å². The van der Waals surface area contributed by atoms with E-state index in [1.165, 1.54) is 0 Å². The second kappa shape index (κ2) is 12.9. The molecule has 11 heteroatoms. The second-order valence-electron chi connectivity index (χ2n) is 11.6. The largest absolute Gasteiger partial charge is 0.481 e. The van der Waals surface area contributed by atoms with E-state index in [9.17, 15) is 4.79 Å². The maximum absolute atomic E-state index is 13.4. The number of fused-ring (bicyclic) bond motifs is 1. The molecule has 2 aromatic carbocycles. The van der Waals surface area contributed by atoms with E-state index in [-0.39, 0.29) is 5.91 Å². The van der Waals surface area contributed by atoms with E-state index >= 15 is 0 Å². The van der Waals surface area contributed by atoms with Gasteiger partial charge < -0.3 is 24.4 Å². The van der Waals surface area contributed by atoms with Crippen LogP contribution in [0.1, 0.15) is 27.6 Å². The number of hydrogen-bond donors (Lipinski definition) is 1. The predicted molar refractivity (Wildman–Crippen MR) is 176 cm³/mol. The molecule has 0 aliphatic carbocycles. The highest BCUT2D eigenvalue weighted by atomic mass is 35.5. The number of benzene rings is 2. The lowest BCUT2D eigenvalue weighted by atomic mass is 10.00. The molecular weight excluding hydrogens is 597 g/mol. The minimum Gasteiger partial charge on any atom is -0.481 e. The molecule has 0 spiro atoms. The molecule has 1 amide bonds. The van der Waals surface area contributed by atoms with Crippen LogP contribution in [-0.2, 0) is 26.6 Å². The van der Waals surface area contributed by atoms with Crippen LogP contribution in [0.3, 0.4) is 0 Å². The fourth-order valence-electron chi connectivity index (χ4n) is 5.98. The Balaban J connectivity index is 1.26. The van der Waals surface area contributed by atoms with Crippen LogP contribution in [0.25, 0.3) is 22.4 Å². The Morgan fingerprint density at radius 1 is 0.864 bits per heavy atom. The van der Waals surface area contributed by atoms with E-state index in [0.717, 1.165) is 80.3 Å². The highest BCUT2D eigenvalue weighted by Gasteiger charge is 2.25. The lowest BCUT2D eigenvalue weighted by molar-refractivity contribution is 0.101. The Kier molecular flexibility index (Phi) is 8.94. The second-order valence-corrected chi connectivity index (χ2v) is 12.4. The van der Waals surface area contributed by atoms with Gasteiger partial charge in [0.05, 0.1) is 34.2 Å². The van der Waals surface area contributed by atoms with Crippen LogP contribution < -0.4 is 10.1 Å². The van der Waals surface area contributed by atoms with E-state index in [4.69, 9.17) is 32.9 Å². The lowest BCUT2D eigenvalue weighted by Crippen LogP contribution is -2.43. The summed E-state index contributed by atoms with van der Waals surface area (Å²) in [5.74, 6) is 0.646. The zero-order chi connectivity index (χ0) is 31.0. The highest BCUT2D eigenvalue weighted by Crippen LogP contribution is 2.41. The van der Waals surface area contributed by atoms with Gasteiger partial charge in [0.15, 0.2) is 5.82 Å². The van der Waals surface area contributed by atoms with Crippen LogP contribution in [0.5, 0.6) is 5.88 Å². The molecule has 2 aliphatic heterocycles. The number of nitrogens with one attached hydrogen (secondary N) is 1. The number of carbonyl (C=O) groups is 1. The van der Waals surface area contributed by atoms with Gasteiger partial charge in [0.25, 0.3) is 5.91 Å². The molecular formula is C33H37Cl2N7O2. The fraction of sp³-hybridized carbons (Fsp3) is 0.364. The minimum absolute atomic E-state index is 0.309. The van der Waals surface area contributed by atoms with Crippen LogP contribution >= 0.6 is 23.2 Å². The molecule has 0 atom stereocenters. The molecule has 4 heterocycles. The molecule has 0 radical (unpaired) electrons. The monoisotopic (exact) mass is 633 g/mol. The molecule has 4 aromatic rings. The van der Waals surface area contributed by atoms with Gasteiger partial charge >= 0.3 is 0 Å². The quantitative estimate of drug-likeness (QED) is 0.290. The number of rotatable bonds is 7. The third kappa shape index (κ3) is 6.07. The van der Waals surface area contributed by atoms with Gasteiger partial charge in [-0.1, -0.05) is 59.6 Å². The van der Waals surface area contributed by atoms with Crippen molar-refractivity contribution in [2.45, 2.75) is 19.5 Å². The average Bonchev–Trinajstić information content (AvgIpc) is 3.35. The summed E-state index contributed by atoms with van der Waals surface area (Å²) in [6.45, 7) is 6.56. The van der Waals surface area contributed by atoms with E-state index in [1.54, 1.807) is 13.2 Å². The Labute approximate surface area is 268 Å². The van der Waals surface area contributed by atoms with Crippen LogP contribution in [0.2, 0.25) is 10.0 Å². The number of imidazole rings is 1. The summed E-state index contributed by atoms with van der Waals surface area (Å²) in [6.07, 6.45) is 0.855. The summed E-state index contributed by atoms with van der Waals surface area (Å²) < 4.78 is 7.59. The van der Waals surface area contributed by atoms with Crippen molar-refractivity contribution in [1.29, 1.82) is 0 Å². The fourth-order valence-corrected chi connectivity index (χ4v) is 6.58. The molecule has 2 aromatic heterocycles. The van der Waals surface area contributed by atoms with Gasteiger partial charge in [-0.25, -0.2) is 9.97 Å². The topological polar surface area (TPSA) is 78.8 Å². The maximum atomic E-state index is 13.4. The number of ether oxygens (including phenoxy) is 1. The number of carbonyl (C=O) groups excluding carboxylic acids is 1. The Bertz CT molecular complexity index is 1700. The molecule has 2 aliphatic rings. The Morgan fingerprint density at radius 3 is 2.32 bits per heavy atom. The lowest BCUT2D eigenvalue weighted by Gasteiger charge is -2.32. The molecule has 9 nitrogen and oxygen atoms in total. The van der Waals surface area contributed by atoms with E-state index in [1.807, 2.05) is 48.0 Å². The summed E-state index contributed by atoms with van der Waals surface area (Å²) in [6, 6.07) is 15.4. The maximum Gasteiger partial charge on any atom is 0.291 e. The normalized spacial score (nSPS) is 16.1. The molecule has 0 bridgehead atoms. The van der Waals surface area contributed by atoms with E-state index in [2.05, 4.69) is 45.2 Å². The van der Waals surface area contributed by atoms with Crippen molar-refractivity contribution >= 4 is 34.8 Å². The zero-order valence-corrected chi connectivity index (χ0v) is 27.0. The first kappa shape index (κ1) is 30.6.